The van der Waals surface area contributed by atoms with Gasteiger partial charge in [0.25, 0.3) is 0 Å². The van der Waals surface area contributed by atoms with Crippen LogP contribution in [0.1, 0.15) is 11.4 Å². The Morgan fingerprint density at radius 1 is 1.38 bits per heavy atom. The molecule has 21 heavy (non-hydrogen) atoms. The Balaban J connectivity index is 1.61. The highest BCUT2D eigenvalue weighted by Crippen LogP contribution is 2.14. The molecule has 0 unspecified atom stereocenters. The van der Waals surface area contributed by atoms with Crippen LogP contribution in [0.5, 0.6) is 0 Å². The molecule has 0 bridgehead atoms. The number of aromatic amines is 1. The van der Waals surface area contributed by atoms with Crippen LogP contribution in [0.15, 0.2) is 30.6 Å². The van der Waals surface area contributed by atoms with Gasteiger partial charge in [-0.2, -0.15) is 5.10 Å². The summed E-state index contributed by atoms with van der Waals surface area (Å²) in [5, 5.41) is 4.85. The van der Waals surface area contributed by atoms with Crippen LogP contribution in [0.25, 0.3) is 11.0 Å². The van der Waals surface area contributed by atoms with Crippen molar-refractivity contribution in [1.82, 2.24) is 24.6 Å². The molecule has 0 radical (unpaired) electrons. The Hall–Kier alpha value is -1.85. The van der Waals surface area contributed by atoms with Gasteiger partial charge in [-0.25, -0.2) is 4.98 Å². The molecule has 0 spiro atoms. The number of imidazole rings is 1. The molecule has 0 saturated carbocycles. The second kappa shape index (κ2) is 5.87. The van der Waals surface area contributed by atoms with Gasteiger partial charge in [0.1, 0.15) is 5.82 Å². The first-order valence-electron chi connectivity index (χ1n) is 6.92. The summed E-state index contributed by atoms with van der Waals surface area (Å²) in [5.74, 6) is 0.983. The molecule has 2 aromatic heterocycles. The SMILES string of the molecule is Cc1ccc2nc(CN(C)CCn3cc(Cl)cn3)[nH]c2c1. The highest BCUT2D eigenvalue weighted by atomic mass is 35.5. The van der Waals surface area contributed by atoms with Gasteiger partial charge >= 0.3 is 0 Å². The summed E-state index contributed by atoms with van der Waals surface area (Å²) in [5.41, 5.74) is 3.35. The molecule has 3 rings (SSSR count). The van der Waals surface area contributed by atoms with E-state index < -0.39 is 0 Å². The molecule has 0 fully saturated rings. The average Bonchev–Trinajstić information content (AvgIpc) is 3.01. The van der Waals surface area contributed by atoms with E-state index in [0.717, 1.165) is 36.5 Å². The van der Waals surface area contributed by atoms with Crippen molar-refractivity contribution < 1.29 is 0 Å². The Morgan fingerprint density at radius 3 is 3.00 bits per heavy atom. The molecule has 0 aliphatic rings. The molecular weight excluding hydrogens is 286 g/mol. The molecule has 5 nitrogen and oxygen atoms in total. The van der Waals surface area contributed by atoms with Crippen molar-refractivity contribution in [3.63, 3.8) is 0 Å². The Labute approximate surface area is 128 Å². The largest absolute Gasteiger partial charge is 0.341 e. The number of rotatable bonds is 5. The number of hydrogen-bond acceptors (Lipinski definition) is 3. The van der Waals surface area contributed by atoms with E-state index in [4.69, 9.17) is 11.6 Å². The zero-order valence-corrected chi connectivity index (χ0v) is 12.9. The minimum Gasteiger partial charge on any atom is -0.341 e. The summed E-state index contributed by atoms with van der Waals surface area (Å²) in [6, 6.07) is 6.26. The zero-order valence-electron chi connectivity index (χ0n) is 12.2. The number of halogens is 1. The minimum atomic E-state index is 0.672. The summed E-state index contributed by atoms with van der Waals surface area (Å²) in [7, 11) is 2.07. The lowest BCUT2D eigenvalue weighted by molar-refractivity contribution is 0.299. The lowest BCUT2D eigenvalue weighted by Crippen LogP contribution is -2.23. The van der Waals surface area contributed by atoms with Crippen molar-refractivity contribution >= 4 is 22.6 Å². The zero-order chi connectivity index (χ0) is 14.8. The topological polar surface area (TPSA) is 49.7 Å². The Bertz CT molecular complexity index is 745. The highest BCUT2D eigenvalue weighted by molar-refractivity contribution is 6.30. The molecule has 0 saturated heterocycles. The van der Waals surface area contributed by atoms with E-state index in [9.17, 15) is 0 Å². The first-order chi connectivity index (χ1) is 10.1. The van der Waals surface area contributed by atoms with Crippen molar-refractivity contribution in [3.05, 3.63) is 47.0 Å². The van der Waals surface area contributed by atoms with Gasteiger partial charge in [-0.3, -0.25) is 9.58 Å². The third kappa shape index (κ3) is 3.43. The van der Waals surface area contributed by atoms with E-state index in [2.05, 4.69) is 52.1 Å². The predicted octanol–water partition coefficient (Wildman–Crippen LogP) is 2.85. The van der Waals surface area contributed by atoms with E-state index in [1.165, 1.54) is 5.56 Å². The van der Waals surface area contributed by atoms with E-state index in [0.29, 0.717) is 5.02 Å². The van der Waals surface area contributed by atoms with Crippen LogP contribution in [0, 0.1) is 6.92 Å². The van der Waals surface area contributed by atoms with Gasteiger partial charge in [0.05, 0.1) is 35.3 Å². The normalized spacial score (nSPS) is 11.6. The van der Waals surface area contributed by atoms with Crippen LogP contribution in [0.4, 0.5) is 0 Å². The van der Waals surface area contributed by atoms with Crippen molar-refractivity contribution in [2.45, 2.75) is 20.0 Å². The third-order valence-electron chi connectivity index (χ3n) is 3.42. The highest BCUT2D eigenvalue weighted by Gasteiger charge is 2.06. The number of nitrogens with one attached hydrogen (secondary N) is 1. The molecule has 0 aliphatic heterocycles. The second-order valence-electron chi connectivity index (χ2n) is 5.36. The average molecular weight is 304 g/mol. The van der Waals surface area contributed by atoms with Crippen LogP contribution >= 0.6 is 11.6 Å². The standard InChI is InChI=1S/C15H18ClN5/c1-11-3-4-13-14(7-11)19-15(18-13)10-20(2)5-6-21-9-12(16)8-17-21/h3-4,7-9H,5-6,10H2,1-2H3,(H,18,19). The lowest BCUT2D eigenvalue weighted by atomic mass is 10.2. The molecule has 2 heterocycles. The third-order valence-corrected chi connectivity index (χ3v) is 3.61. The minimum absolute atomic E-state index is 0.672. The van der Waals surface area contributed by atoms with Gasteiger partial charge in [-0.1, -0.05) is 17.7 Å². The maximum Gasteiger partial charge on any atom is 0.121 e. The number of aryl methyl sites for hydroxylation is 1. The first-order valence-corrected chi connectivity index (χ1v) is 7.30. The number of nitrogens with zero attached hydrogens (tertiary/aromatic N) is 4. The van der Waals surface area contributed by atoms with Gasteiger partial charge in [0.15, 0.2) is 0 Å². The van der Waals surface area contributed by atoms with Crippen LogP contribution in [0.2, 0.25) is 5.02 Å². The lowest BCUT2D eigenvalue weighted by Gasteiger charge is -2.14. The maximum absolute atomic E-state index is 5.85. The molecular formula is C15H18ClN5. The molecule has 110 valence electrons. The number of likely N-dealkylation sites (N-methyl/N-ethyl adjacent to an activating group) is 1. The van der Waals surface area contributed by atoms with Gasteiger partial charge in [0.2, 0.25) is 0 Å². The van der Waals surface area contributed by atoms with E-state index in [-0.39, 0.29) is 0 Å². The van der Waals surface area contributed by atoms with Crippen LogP contribution in [-0.2, 0) is 13.1 Å². The fraction of sp³-hybridized carbons (Fsp3) is 0.333. The van der Waals surface area contributed by atoms with E-state index in [1.54, 1.807) is 6.20 Å². The molecule has 0 atom stereocenters. The van der Waals surface area contributed by atoms with Gasteiger partial charge in [-0.15, -0.1) is 0 Å². The fourth-order valence-corrected chi connectivity index (χ4v) is 2.48. The molecule has 0 aliphatic carbocycles. The number of benzene rings is 1. The van der Waals surface area contributed by atoms with Crippen LogP contribution < -0.4 is 0 Å². The van der Waals surface area contributed by atoms with E-state index >= 15 is 0 Å². The van der Waals surface area contributed by atoms with Crippen LogP contribution in [-0.4, -0.2) is 38.2 Å². The Morgan fingerprint density at radius 2 is 2.24 bits per heavy atom. The monoisotopic (exact) mass is 303 g/mol. The van der Waals surface area contributed by atoms with Crippen molar-refractivity contribution in [1.29, 1.82) is 0 Å². The van der Waals surface area contributed by atoms with E-state index in [1.807, 2.05) is 10.9 Å². The number of hydrogen-bond donors (Lipinski definition) is 1. The number of fused-ring (bicyclic) bond motifs is 1. The molecule has 1 N–H and O–H groups in total. The summed E-state index contributed by atoms with van der Waals surface area (Å²) in [6.45, 7) is 4.56. The molecule has 6 heteroatoms. The summed E-state index contributed by atoms with van der Waals surface area (Å²) < 4.78 is 1.85. The molecule has 1 aromatic carbocycles. The second-order valence-corrected chi connectivity index (χ2v) is 5.80. The number of aromatic nitrogens is 4. The molecule has 0 amide bonds. The van der Waals surface area contributed by atoms with Crippen molar-refractivity contribution in [2.75, 3.05) is 13.6 Å². The number of H-pyrrole nitrogens is 1. The fourth-order valence-electron chi connectivity index (χ4n) is 2.32. The Kier molecular flexibility index (Phi) is 3.94. The maximum atomic E-state index is 5.85. The first kappa shape index (κ1) is 14.1. The van der Waals surface area contributed by atoms with Gasteiger partial charge in [-0.05, 0) is 31.7 Å². The summed E-state index contributed by atoms with van der Waals surface area (Å²) >= 11 is 5.85. The van der Waals surface area contributed by atoms with Crippen LogP contribution in [0.3, 0.4) is 0 Å². The smallest absolute Gasteiger partial charge is 0.121 e. The predicted molar refractivity (Wildman–Crippen MR) is 84.4 cm³/mol. The van der Waals surface area contributed by atoms with Crippen molar-refractivity contribution in [2.24, 2.45) is 0 Å². The van der Waals surface area contributed by atoms with Crippen molar-refractivity contribution in [3.8, 4) is 0 Å². The van der Waals surface area contributed by atoms with Gasteiger partial charge in [0, 0.05) is 12.7 Å². The van der Waals surface area contributed by atoms with Gasteiger partial charge < -0.3 is 4.98 Å². The quantitative estimate of drug-likeness (QED) is 0.788. The summed E-state index contributed by atoms with van der Waals surface area (Å²) in [4.78, 5) is 10.2. The molecule has 3 aromatic rings. The summed E-state index contributed by atoms with van der Waals surface area (Å²) in [6.07, 6.45) is 3.49.